The number of fused-ring (bicyclic) bond motifs is 1. The van der Waals surface area contributed by atoms with Crippen LogP contribution >= 0.6 is 23.8 Å². The number of H-pyrrole nitrogens is 1. The third-order valence-electron chi connectivity index (χ3n) is 6.60. The minimum atomic E-state index is -0.775. The van der Waals surface area contributed by atoms with E-state index in [-0.39, 0.29) is 24.0 Å². The number of halogens is 1. The minimum Gasteiger partial charge on any atom is -0.361 e. The lowest BCUT2D eigenvalue weighted by Gasteiger charge is -2.24. The van der Waals surface area contributed by atoms with Gasteiger partial charge in [-0.2, -0.15) is 0 Å². The molecule has 2 heterocycles. The molecule has 0 radical (unpaired) electrons. The standard InChI is InChI=1S/C29H25ClN4O3S/c1-18(35)20-6-9-24(10-7-20)34-28(37)26(33(29(34)38)14-12-19-3-2-4-22(30)15-19)17-27(36)32-23-8-5-21-11-13-31-25(21)16-23/h2-11,13,15-16,26,31H,12,14,17H2,1H3,(H,32,36). The molecule has 0 bridgehead atoms. The van der Waals surface area contributed by atoms with Crippen LogP contribution in [0, 0.1) is 0 Å². The summed E-state index contributed by atoms with van der Waals surface area (Å²) < 4.78 is 0. The summed E-state index contributed by atoms with van der Waals surface area (Å²) in [7, 11) is 0. The molecule has 9 heteroatoms. The number of amides is 2. The number of nitrogens with one attached hydrogen (secondary N) is 2. The van der Waals surface area contributed by atoms with Crippen LogP contribution < -0.4 is 10.2 Å². The first-order valence-corrected chi connectivity index (χ1v) is 13.0. The normalized spacial score (nSPS) is 15.4. The predicted octanol–water partition coefficient (Wildman–Crippen LogP) is 5.60. The maximum atomic E-state index is 13.7. The van der Waals surface area contributed by atoms with Crippen LogP contribution in [0.5, 0.6) is 0 Å². The molecule has 7 nitrogen and oxygen atoms in total. The van der Waals surface area contributed by atoms with Crippen LogP contribution in [0.15, 0.2) is 79.0 Å². The first-order chi connectivity index (χ1) is 18.3. The van der Waals surface area contributed by atoms with Crippen LogP contribution in [0.25, 0.3) is 10.9 Å². The van der Waals surface area contributed by atoms with E-state index in [1.807, 2.05) is 48.7 Å². The molecule has 1 unspecified atom stereocenters. The van der Waals surface area contributed by atoms with Crippen LogP contribution in [0.1, 0.15) is 29.3 Å². The van der Waals surface area contributed by atoms with Crippen molar-refractivity contribution in [2.75, 3.05) is 16.8 Å². The molecule has 0 aliphatic carbocycles. The van der Waals surface area contributed by atoms with E-state index >= 15 is 0 Å². The van der Waals surface area contributed by atoms with E-state index in [1.54, 1.807) is 35.2 Å². The van der Waals surface area contributed by atoms with Gasteiger partial charge < -0.3 is 15.2 Å². The number of benzene rings is 3. The fraction of sp³-hybridized carbons (Fsp3) is 0.172. The first kappa shape index (κ1) is 25.6. The van der Waals surface area contributed by atoms with Gasteiger partial charge in [-0.15, -0.1) is 0 Å². The molecule has 0 spiro atoms. The first-order valence-electron chi connectivity index (χ1n) is 12.2. The summed E-state index contributed by atoms with van der Waals surface area (Å²) in [5, 5.41) is 4.89. The lowest BCUT2D eigenvalue weighted by Crippen LogP contribution is -2.39. The van der Waals surface area contributed by atoms with E-state index in [1.165, 1.54) is 11.8 Å². The van der Waals surface area contributed by atoms with Gasteiger partial charge in [0.05, 0.1) is 12.1 Å². The smallest absolute Gasteiger partial charge is 0.256 e. The molecule has 192 valence electrons. The van der Waals surface area contributed by atoms with Gasteiger partial charge in [0.2, 0.25) is 5.91 Å². The van der Waals surface area contributed by atoms with Crippen LogP contribution in [0.4, 0.5) is 11.4 Å². The van der Waals surface area contributed by atoms with Crippen molar-refractivity contribution in [3.8, 4) is 0 Å². The average molecular weight is 545 g/mol. The van der Waals surface area contributed by atoms with Crippen molar-refractivity contribution in [2.45, 2.75) is 25.8 Å². The number of nitrogens with zero attached hydrogens (tertiary/aromatic N) is 2. The summed E-state index contributed by atoms with van der Waals surface area (Å²) >= 11 is 11.9. The monoisotopic (exact) mass is 544 g/mol. The van der Waals surface area contributed by atoms with Gasteiger partial charge >= 0.3 is 0 Å². The molecular formula is C29H25ClN4O3S. The summed E-state index contributed by atoms with van der Waals surface area (Å²) in [4.78, 5) is 44.9. The Morgan fingerprint density at radius 1 is 1.05 bits per heavy atom. The molecule has 2 amide bonds. The fourth-order valence-corrected chi connectivity index (χ4v) is 5.25. The van der Waals surface area contributed by atoms with Crippen LogP contribution in [0.2, 0.25) is 5.02 Å². The molecule has 4 aromatic rings. The quantitative estimate of drug-likeness (QED) is 0.223. The summed E-state index contributed by atoms with van der Waals surface area (Å²) in [6, 6.07) is 21.0. The van der Waals surface area contributed by atoms with Crippen molar-refractivity contribution >= 4 is 68.8 Å². The Labute approximate surface area is 230 Å². The molecule has 5 rings (SSSR count). The summed E-state index contributed by atoms with van der Waals surface area (Å²) in [6.45, 7) is 1.92. The number of hydrogen-bond donors (Lipinski definition) is 2. The molecule has 2 N–H and O–H groups in total. The van der Waals surface area contributed by atoms with E-state index in [4.69, 9.17) is 23.8 Å². The molecule has 1 aliphatic rings. The highest BCUT2D eigenvalue weighted by molar-refractivity contribution is 7.80. The van der Waals surface area contributed by atoms with E-state index in [0.29, 0.717) is 40.0 Å². The number of rotatable bonds is 8. The van der Waals surface area contributed by atoms with Gasteiger partial charge in [0.15, 0.2) is 10.9 Å². The van der Waals surface area contributed by atoms with Crippen LogP contribution in [-0.2, 0) is 16.0 Å². The van der Waals surface area contributed by atoms with Crippen molar-refractivity contribution in [1.82, 2.24) is 9.88 Å². The third-order valence-corrected chi connectivity index (χ3v) is 7.25. The van der Waals surface area contributed by atoms with E-state index < -0.39 is 6.04 Å². The number of aromatic nitrogens is 1. The Morgan fingerprint density at radius 3 is 2.58 bits per heavy atom. The zero-order chi connectivity index (χ0) is 26.8. The zero-order valence-electron chi connectivity index (χ0n) is 20.6. The second-order valence-electron chi connectivity index (χ2n) is 9.18. The van der Waals surface area contributed by atoms with Gasteiger partial charge in [-0.05, 0) is 91.1 Å². The average Bonchev–Trinajstić information content (AvgIpc) is 3.44. The van der Waals surface area contributed by atoms with Gasteiger partial charge in [0.1, 0.15) is 6.04 Å². The van der Waals surface area contributed by atoms with Crippen molar-refractivity contribution in [2.24, 2.45) is 0 Å². The molecule has 0 saturated carbocycles. The molecule has 1 aromatic heterocycles. The number of carbonyl (C=O) groups excluding carboxylic acids is 3. The van der Waals surface area contributed by atoms with Crippen LogP contribution in [0.3, 0.4) is 0 Å². The highest BCUT2D eigenvalue weighted by Crippen LogP contribution is 2.29. The molecule has 1 atom stereocenters. The number of anilines is 2. The van der Waals surface area contributed by atoms with E-state index in [0.717, 1.165) is 16.5 Å². The molecular weight excluding hydrogens is 520 g/mol. The van der Waals surface area contributed by atoms with E-state index in [2.05, 4.69) is 10.3 Å². The predicted molar refractivity (Wildman–Crippen MR) is 154 cm³/mol. The second kappa shape index (κ2) is 10.8. The summed E-state index contributed by atoms with van der Waals surface area (Å²) in [6.07, 6.45) is 2.36. The third kappa shape index (κ3) is 5.32. The van der Waals surface area contributed by atoms with Crippen LogP contribution in [-0.4, -0.2) is 45.2 Å². The largest absolute Gasteiger partial charge is 0.361 e. The molecule has 1 fully saturated rings. The maximum Gasteiger partial charge on any atom is 0.256 e. The van der Waals surface area contributed by atoms with E-state index in [9.17, 15) is 14.4 Å². The Kier molecular flexibility index (Phi) is 7.26. The molecule has 38 heavy (non-hydrogen) atoms. The Bertz CT molecular complexity index is 1550. The Morgan fingerprint density at radius 2 is 1.84 bits per heavy atom. The fourth-order valence-electron chi connectivity index (χ4n) is 4.63. The minimum absolute atomic E-state index is 0.0675. The number of thiocarbonyl (C=S) groups is 1. The molecule has 1 saturated heterocycles. The molecule has 1 aliphatic heterocycles. The number of aromatic amines is 1. The van der Waals surface area contributed by atoms with Gasteiger partial charge in [0, 0.05) is 34.5 Å². The lowest BCUT2D eigenvalue weighted by atomic mass is 10.1. The van der Waals surface area contributed by atoms with Crippen molar-refractivity contribution in [3.63, 3.8) is 0 Å². The zero-order valence-corrected chi connectivity index (χ0v) is 22.2. The highest BCUT2D eigenvalue weighted by Gasteiger charge is 2.43. The Balaban J connectivity index is 1.38. The SMILES string of the molecule is CC(=O)c1ccc(N2C(=O)C(CC(=O)Nc3ccc4cc[nH]c4c3)N(CCc3cccc(Cl)c3)C2=S)cc1. The van der Waals surface area contributed by atoms with Crippen molar-refractivity contribution < 1.29 is 14.4 Å². The number of ketones is 1. The number of hydrogen-bond acceptors (Lipinski definition) is 4. The maximum absolute atomic E-state index is 13.7. The van der Waals surface area contributed by atoms with Crippen molar-refractivity contribution in [3.05, 3.63) is 95.1 Å². The summed E-state index contributed by atoms with van der Waals surface area (Å²) in [5.74, 6) is -0.646. The second-order valence-corrected chi connectivity index (χ2v) is 9.98. The van der Waals surface area contributed by atoms with Gasteiger partial charge in [-0.25, -0.2) is 0 Å². The highest BCUT2D eigenvalue weighted by atomic mass is 35.5. The van der Waals surface area contributed by atoms with Gasteiger partial charge in [0.25, 0.3) is 5.91 Å². The van der Waals surface area contributed by atoms with Gasteiger partial charge in [-0.3, -0.25) is 19.3 Å². The lowest BCUT2D eigenvalue weighted by molar-refractivity contribution is -0.124. The number of Topliss-reactive ketones (excluding diaryl/α,β-unsaturated/α-hetero) is 1. The summed E-state index contributed by atoms with van der Waals surface area (Å²) in [5.41, 5.74) is 3.64. The van der Waals surface area contributed by atoms with Crippen molar-refractivity contribution in [1.29, 1.82) is 0 Å². The molecule has 3 aromatic carbocycles. The Hall–Kier alpha value is -4.01. The topological polar surface area (TPSA) is 85.5 Å². The number of carbonyl (C=O) groups is 3. The van der Waals surface area contributed by atoms with Gasteiger partial charge in [-0.1, -0.05) is 29.8 Å².